The summed E-state index contributed by atoms with van der Waals surface area (Å²) >= 11 is 0. The Balaban J connectivity index is 5.09. The average Bonchev–Trinajstić information content (AvgIpc) is 2.47. The number of hydrogen-bond acceptors (Lipinski definition) is 4. The molecule has 4 heteroatoms. The summed E-state index contributed by atoms with van der Waals surface area (Å²) < 4.78 is 18.6. The van der Waals surface area contributed by atoms with Crippen LogP contribution < -0.4 is 0 Å². The summed E-state index contributed by atoms with van der Waals surface area (Å²) in [5.74, 6) is -1.06. The predicted octanol–water partition coefficient (Wildman–Crippen LogP) is 5.66. The minimum absolute atomic E-state index is 0.0109. The van der Waals surface area contributed by atoms with Crippen LogP contribution in [0.3, 0.4) is 0 Å². The maximum Gasteiger partial charge on any atom is 0.286 e. The van der Waals surface area contributed by atoms with E-state index in [-0.39, 0.29) is 30.8 Å². The molecule has 0 fully saturated rings. The standard InChI is InChI=1S/C21H44O4/c1-8-9-10-11-12-13-14-20(15-16-22)21(23-17(2)3,24-18(4)5)25-19(6)7/h17-20,22H,8-16H2,1-7H3. The van der Waals surface area contributed by atoms with E-state index in [0.29, 0.717) is 6.42 Å². The van der Waals surface area contributed by atoms with E-state index < -0.39 is 5.97 Å². The predicted molar refractivity (Wildman–Crippen MR) is 105 cm³/mol. The van der Waals surface area contributed by atoms with E-state index >= 15 is 0 Å². The number of unbranched alkanes of at least 4 members (excludes halogenated alkanes) is 5. The minimum atomic E-state index is -1.08. The Labute approximate surface area is 156 Å². The van der Waals surface area contributed by atoms with Crippen molar-refractivity contribution in [3.05, 3.63) is 0 Å². The van der Waals surface area contributed by atoms with Gasteiger partial charge in [0.2, 0.25) is 0 Å². The Kier molecular flexibility index (Phi) is 13.9. The highest BCUT2D eigenvalue weighted by molar-refractivity contribution is 4.75. The van der Waals surface area contributed by atoms with Gasteiger partial charge in [0.25, 0.3) is 5.97 Å². The zero-order valence-electron chi connectivity index (χ0n) is 17.8. The number of ether oxygens (including phenoxy) is 3. The zero-order chi connectivity index (χ0) is 19.3. The van der Waals surface area contributed by atoms with Crippen LogP contribution in [0, 0.1) is 5.92 Å². The van der Waals surface area contributed by atoms with Crippen LogP contribution in [0.15, 0.2) is 0 Å². The van der Waals surface area contributed by atoms with Gasteiger partial charge in [0, 0.05) is 12.5 Å². The molecular formula is C21H44O4. The van der Waals surface area contributed by atoms with Crippen molar-refractivity contribution in [1.29, 1.82) is 0 Å². The van der Waals surface area contributed by atoms with Crippen LogP contribution in [0.5, 0.6) is 0 Å². The van der Waals surface area contributed by atoms with Gasteiger partial charge >= 0.3 is 0 Å². The molecule has 1 atom stereocenters. The van der Waals surface area contributed by atoms with E-state index in [1.165, 1.54) is 32.1 Å². The SMILES string of the molecule is CCCCCCCCC(CCO)C(OC(C)C)(OC(C)C)OC(C)C. The molecule has 0 saturated heterocycles. The van der Waals surface area contributed by atoms with E-state index in [1.807, 2.05) is 41.5 Å². The first-order valence-corrected chi connectivity index (χ1v) is 10.4. The molecule has 25 heavy (non-hydrogen) atoms. The topological polar surface area (TPSA) is 47.9 Å². The molecule has 0 aromatic rings. The molecule has 0 amide bonds. The molecule has 0 bridgehead atoms. The lowest BCUT2D eigenvalue weighted by molar-refractivity contribution is -0.433. The molecule has 152 valence electrons. The normalized spacial score (nSPS) is 14.0. The van der Waals surface area contributed by atoms with Gasteiger partial charge in [-0.3, -0.25) is 0 Å². The molecule has 0 aromatic carbocycles. The first-order chi connectivity index (χ1) is 11.8. The van der Waals surface area contributed by atoms with Gasteiger partial charge < -0.3 is 19.3 Å². The van der Waals surface area contributed by atoms with E-state index in [2.05, 4.69) is 6.92 Å². The Bertz CT molecular complexity index is 276. The van der Waals surface area contributed by atoms with Crippen molar-refractivity contribution in [1.82, 2.24) is 0 Å². The second kappa shape index (κ2) is 14.0. The monoisotopic (exact) mass is 360 g/mol. The van der Waals surface area contributed by atoms with Crippen LogP contribution in [0.2, 0.25) is 0 Å². The summed E-state index contributed by atoms with van der Waals surface area (Å²) in [4.78, 5) is 0. The van der Waals surface area contributed by atoms with Crippen molar-refractivity contribution in [2.24, 2.45) is 5.92 Å². The molecule has 4 nitrogen and oxygen atoms in total. The third-order valence-corrected chi connectivity index (χ3v) is 4.08. The van der Waals surface area contributed by atoms with Crippen LogP contribution >= 0.6 is 0 Å². The first kappa shape index (κ1) is 24.8. The van der Waals surface area contributed by atoms with Crippen LogP contribution in [-0.4, -0.2) is 36.0 Å². The molecule has 0 spiro atoms. The van der Waals surface area contributed by atoms with Gasteiger partial charge in [-0.2, -0.15) is 0 Å². The molecule has 0 aliphatic heterocycles. The van der Waals surface area contributed by atoms with Crippen LogP contribution in [-0.2, 0) is 14.2 Å². The zero-order valence-corrected chi connectivity index (χ0v) is 17.8. The highest BCUT2D eigenvalue weighted by Gasteiger charge is 2.44. The fourth-order valence-corrected chi connectivity index (χ4v) is 3.18. The fourth-order valence-electron chi connectivity index (χ4n) is 3.18. The van der Waals surface area contributed by atoms with Gasteiger partial charge in [-0.15, -0.1) is 0 Å². The Hall–Kier alpha value is -0.160. The number of hydrogen-bond donors (Lipinski definition) is 1. The quantitative estimate of drug-likeness (QED) is 0.285. The smallest absolute Gasteiger partial charge is 0.286 e. The largest absolute Gasteiger partial charge is 0.396 e. The minimum Gasteiger partial charge on any atom is -0.396 e. The third-order valence-electron chi connectivity index (χ3n) is 4.08. The highest BCUT2D eigenvalue weighted by Crippen LogP contribution is 2.36. The molecule has 1 N–H and O–H groups in total. The molecule has 0 radical (unpaired) electrons. The van der Waals surface area contributed by atoms with Gasteiger partial charge in [-0.1, -0.05) is 45.4 Å². The van der Waals surface area contributed by atoms with Crippen molar-refractivity contribution in [3.63, 3.8) is 0 Å². The second-order valence-electron chi connectivity index (χ2n) is 7.87. The molecule has 0 heterocycles. The lowest BCUT2D eigenvalue weighted by Crippen LogP contribution is -2.51. The lowest BCUT2D eigenvalue weighted by Gasteiger charge is -2.43. The summed E-state index contributed by atoms with van der Waals surface area (Å²) in [5.41, 5.74) is 0. The van der Waals surface area contributed by atoms with Gasteiger partial charge in [-0.25, -0.2) is 0 Å². The van der Waals surface area contributed by atoms with E-state index in [9.17, 15) is 5.11 Å². The van der Waals surface area contributed by atoms with Crippen molar-refractivity contribution in [2.45, 2.75) is 124 Å². The highest BCUT2D eigenvalue weighted by atomic mass is 16.9. The van der Waals surface area contributed by atoms with E-state index in [4.69, 9.17) is 14.2 Å². The van der Waals surface area contributed by atoms with Gasteiger partial charge in [0.05, 0.1) is 18.3 Å². The van der Waals surface area contributed by atoms with Gasteiger partial charge in [0.1, 0.15) is 0 Å². The van der Waals surface area contributed by atoms with Crippen molar-refractivity contribution < 1.29 is 19.3 Å². The molecule has 0 aliphatic rings. The first-order valence-electron chi connectivity index (χ1n) is 10.4. The van der Waals surface area contributed by atoms with Crippen molar-refractivity contribution in [2.75, 3.05) is 6.61 Å². The maximum atomic E-state index is 9.61. The number of rotatable bonds is 16. The summed E-state index contributed by atoms with van der Waals surface area (Å²) in [5, 5.41) is 9.61. The van der Waals surface area contributed by atoms with Crippen molar-refractivity contribution >= 4 is 0 Å². The van der Waals surface area contributed by atoms with Crippen LogP contribution in [0.25, 0.3) is 0 Å². The number of aliphatic hydroxyl groups is 1. The number of aliphatic hydroxyl groups excluding tert-OH is 1. The lowest BCUT2D eigenvalue weighted by atomic mass is 9.94. The van der Waals surface area contributed by atoms with Crippen molar-refractivity contribution in [3.8, 4) is 0 Å². The van der Waals surface area contributed by atoms with E-state index in [1.54, 1.807) is 0 Å². The summed E-state index contributed by atoms with van der Waals surface area (Å²) in [7, 11) is 0. The molecule has 0 rings (SSSR count). The summed E-state index contributed by atoms with van der Waals surface area (Å²) in [6.45, 7) is 14.4. The second-order valence-corrected chi connectivity index (χ2v) is 7.87. The third kappa shape index (κ3) is 11.2. The van der Waals surface area contributed by atoms with Crippen LogP contribution in [0.1, 0.15) is 99.8 Å². The molecule has 0 aromatic heterocycles. The maximum absolute atomic E-state index is 9.61. The van der Waals surface area contributed by atoms with Crippen LogP contribution in [0.4, 0.5) is 0 Å². The van der Waals surface area contributed by atoms with E-state index in [0.717, 1.165) is 12.8 Å². The summed E-state index contributed by atoms with van der Waals surface area (Å²) in [6, 6.07) is 0. The Morgan fingerprint density at radius 1 is 0.680 bits per heavy atom. The molecule has 0 aliphatic carbocycles. The summed E-state index contributed by atoms with van der Waals surface area (Å²) in [6.07, 6.45) is 9.02. The Morgan fingerprint density at radius 3 is 1.52 bits per heavy atom. The van der Waals surface area contributed by atoms with Gasteiger partial charge in [-0.05, 0) is 54.4 Å². The molecule has 1 unspecified atom stereocenters. The molecule has 0 saturated carbocycles. The molecular weight excluding hydrogens is 316 g/mol. The Morgan fingerprint density at radius 2 is 1.12 bits per heavy atom. The van der Waals surface area contributed by atoms with Gasteiger partial charge in [0.15, 0.2) is 0 Å². The average molecular weight is 361 g/mol. The fraction of sp³-hybridized carbons (Fsp3) is 1.00.